The maximum atomic E-state index is 5.90. The van der Waals surface area contributed by atoms with Crippen LogP contribution in [0.4, 0.5) is 0 Å². The Kier molecular flexibility index (Phi) is 4.26. The van der Waals surface area contributed by atoms with Crippen LogP contribution in [0.3, 0.4) is 0 Å². The summed E-state index contributed by atoms with van der Waals surface area (Å²) >= 11 is 0. The van der Waals surface area contributed by atoms with Crippen molar-refractivity contribution in [1.82, 2.24) is 0 Å². The van der Waals surface area contributed by atoms with Gasteiger partial charge in [0.25, 0.3) is 0 Å². The Morgan fingerprint density at radius 3 is 1.89 bits per heavy atom. The SMILES string of the molecule is CC(C)c1ccc(Oc2cccc(C(C)C)c2)cc1. The van der Waals surface area contributed by atoms with E-state index in [0.717, 1.165) is 11.5 Å². The van der Waals surface area contributed by atoms with Crippen molar-refractivity contribution in [2.45, 2.75) is 39.5 Å². The second-order valence-corrected chi connectivity index (χ2v) is 5.55. The fourth-order valence-corrected chi connectivity index (χ4v) is 1.99. The Hall–Kier alpha value is -1.76. The van der Waals surface area contributed by atoms with Gasteiger partial charge < -0.3 is 4.74 Å². The number of ether oxygens (including phenoxy) is 1. The molecule has 100 valence electrons. The maximum absolute atomic E-state index is 5.90. The van der Waals surface area contributed by atoms with Crippen LogP contribution in [0.25, 0.3) is 0 Å². The van der Waals surface area contributed by atoms with Gasteiger partial charge in [-0.05, 0) is 47.2 Å². The molecule has 2 aromatic carbocycles. The van der Waals surface area contributed by atoms with Crippen LogP contribution in [-0.2, 0) is 0 Å². The monoisotopic (exact) mass is 254 g/mol. The van der Waals surface area contributed by atoms with Gasteiger partial charge in [0, 0.05) is 0 Å². The van der Waals surface area contributed by atoms with Gasteiger partial charge >= 0.3 is 0 Å². The average molecular weight is 254 g/mol. The summed E-state index contributed by atoms with van der Waals surface area (Å²) in [4.78, 5) is 0. The van der Waals surface area contributed by atoms with Crippen LogP contribution in [0, 0.1) is 0 Å². The van der Waals surface area contributed by atoms with E-state index in [4.69, 9.17) is 4.74 Å². The zero-order valence-corrected chi connectivity index (χ0v) is 12.2. The van der Waals surface area contributed by atoms with Gasteiger partial charge in [-0.1, -0.05) is 52.0 Å². The molecule has 0 amide bonds. The smallest absolute Gasteiger partial charge is 0.127 e. The third-order valence-electron chi connectivity index (χ3n) is 3.31. The summed E-state index contributed by atoms with van der Waals surface area (Å²) in [6.07, 6.45) is 0. The molecule has 0 N–H and O–H groups in total. The third kappa shape index (κ3) is 3.60. The molecule has 19 heavy (non-hydrogen) atoms. The highest BCUT2D eigenvalue weighted by molar-refractivity contribution is 5.36. The standard InChI is InChI=1S/C18H22O/c1-13(2)15-8-10-17(11-9-15)19-18-7-5-6-16(12-18)14(3)4/h5-14H,1-4H3. The average Bonchev–Trinajstić information content (AvgIpc) is 2.39. The summed E-state index contributed by atoms with van der Waals surface area (Å²) in [6, 6.07) is 16.6. The van der Waals surface area contributed by atoms with E-state index >= 15 is 0 Å². The summed E-state index contributed by atoms with van der Waals surface area (Å²) in [5.74, 6) is 2.87. The normalized spacial score (nSPS) is 11.1. The lowest BCUT2D eigenvalue weighted by molar-refractivity contribution is 0.481. The number of benzene rings is 2. The molecule has 0 aliphatic carbocycles. The van der Waals surface area contributed by atoms with Crippen LogP contribution < -0.4 is 4.74 Å². The van der Waals surface area contributed by atoms with Gasteiger partial charge in [0.2, 0.25) is 0 Å². The Labute approximate surface area is 116 Å². The lowest BCUT2D eigenvalue weighted by Gasteiger charge is -2.11. The second kappa shape index (κ2) is 5.92. The summed E-state index contributed by atoms with van der Waals surface area (Å²) in [7, 11) is 0. The molecule has 0 aromatic heterocycles. The van der Waals surface area contributed by atoms with Crippen molar-refractivity contribution in [3.05, 3.63) is 59.7 Å². The quantitative estimate of drug-likeness (QED) is 0.677. The highest BCUT2D eigenvalue weighted by Gasteiger charge is 2.03. The molecule has 0 atom stereocenters. The first-order chi connectivity index (χ1) is 9.06. The molecule has 0 aliphatic rings. The summed E-state index contributed by atoms with van der Waals surface area (Å²) in [6.45, 7) is 8.77. The molecular weight excluding hydrogens is 232 g/mol. The first kappa shape index (κ1) is 13.7. The fraction of sp³-hybridized carbons (Fsp3) is 0.333. The molecule has 1 heteroatoms. The van der Waals surface area contributed by atoms with Crippen molar-refractivity contribution in [3.63, 3.8) is 0 Å². The van der Waals surface area contributed by atoms with Crippen LogP contribution in [0.5, 0.6) is 11.5 Å². The molecule has 0 radical (unpaired) electrons. The van der Waals surface area contributed by atoms with E-state index in [9.17, 15) is 0 Å². The van der Waals surface area contributed by atoms with Crippen LogP contribution in [0.1, 0.15) is 50.7 Å². The second-order valence-electron chi connectivity index (χ2n) is 5.55. The zero-order chi connectivity index (χ0) is 13.8. The minimum Gasteiger partial charge on any atom is -0.457 e. The fourth-order valence-electron chi connectivity index (χ4n) is 1.99. The third-order valence-corrected chi connectivity index (χ3v) is 3.31. The van der Waals surface area contributed by atoms with E-state index in [0.29, 0.717) is 11.8 Å². The largest absolute Gasteiger partial charge is 0.457 e. The Morgan fingerprint density at radius 1 is 0.684 bits per heavy atom. The molecule has 0 fully saturated rings. The van der Waals surface area contributed by atoms with Gasteiger partial charge in [-0.25, -0.2) is 0 Å². The van der Waals surface area contributed by atoms with Crippen molar-refractivity contribution in [1.29, 1.82) is 0 Å². The first-order valence-electron chi connectivity index (χ1n) is 6.94. The summed E-state index contributed by atoms with van der Waals surface area (Å²) in [5.41, 5.74) is 2.64. The van der Waals surface area contributed by atoms with Gasteiger partial charge in [0.05, 0.1) is 0 Å². The molecule has 0 unspecified atom stereocenters. The number of hydrogen-bond donors (Lipinski definition) is 0. The van der Waals surface area contributed by atoms with Crippen molar-refractivity contribution >= 4 is 0 Å². The molecule has 0 saturated carbocycles. The maximum Gasteiger partial charge on any atom is 0.127 e. The predicted octanol–water partition coefficient (Wildman–Crippen LogP) is 5.73. The van der Waals surface area contributed by atoms with Crippen molar-refractivity contribution in [2.24, 2.45) is 0 Å². The molecule has 1 nitrogen and oxygen atoms in total. The van der Waals surface area contributed by atoms with E-state index in [1.54, 1.807) is 0 Å². The predicted molar refractivity (Wildman–Crippen MR) is 81.1 cm³/mol. The van der Waals surface area contributed by atoms with Crippen molar-refractivity contribution in [3.8, 4) is 11.5 Å². The van der Waals surface area contributed by atoms with E-state index in [1.807, 2.05) is 24.3 Å². The van der Waals surface area contributed by atoms with Crippen molar-refractivity contribution < 1.29 is 4.74 Å². The van der Waals surface area contributed by atoms with Crippen LogP contribution >= 0.6 is 0 Å². The molecule has 0 aliphatic heterocycles. The van der Waals surface area contributed by atoms with Crippen molar-refractivity contribution in [2.75, 3.05) is 0 Å². The van der Waals surface area contributed by atoms with E-state index in [-0.39, 0.29) is 0 Å². The summed E-state index contributed by atoms with van der Waals surface area (Å²) in [5, 5.41) is 0. The van der Waals surface area contributed by atoms with Gasteiger partial charge in [0.15, 0.2) is 0 Å². The molecular formula is C18H22O. The molecule has 0 spiro atoms. The molecule has 0 bridgehead atoms. The van der Waals surface area contributed by atoms with Gasteiger partial charge in [0.1, 0.15) is 11.5 Å². The van der Waals surface area contributed by atoms with Crippen LogP contribution in [-0.4, -0.2) is 0 Å². The molecule has 2 rings (SSSR count). The lowest BCUT2D eigenvalue weighted by Crippen LogP contribution is -1.90. The Morgan fingerprint density at radius 2 is 1.32 bits per heavy atom. The topological polar surface area (TPSA) is 9.23 Å². The summed E-state index contributed by atoms with van der Waals surface area (Å²) < 4.78 is 5.90. The van der Waals surface area contributed by atoms with Crippen LogP contribution in [0.15, 0.2) is 48.5 Å². The zero-order valence-electron chi connectivity index (χ0n) is 12.2. The van der Waals surface area contributed by atoms with E-state index in [1.165, 1.54) is 11.1 Å². The lowest BCUT2D eigenvalue weighted by atomic mass is 10.0. The Balaban J connectivity index is 2.14. The molecule has 0 saturated heterocycles. The van der Waals surface area contributed by atoms with E-state index in [2.05, 4.69) is 52.0 Å². The Bertz CT molecular complexity index is 524. The highest BCUT2D eigenvalue weighted by Crippen LogP contribution is 2.26. The minimum absolute atomic E-state index is 0.520. The number of rotatable bonds is 4. The minimum atomic E-state index is 0.520. The van der Waals surface area contributed by atoms with Gasteiger partial charge in [-0.3, -0.25) is 0 Å². The number of hydrogen-bond acceptors (Lipinski definition) is 1. The van der Waals surface area contributed by atoms with Gasteiger partial charge in [-0.15, -0.1) is 0 Å². The highest BCUT2D eigenvalue weighted by atomic mass is 16.5. The van der Waals surface area contributed by atoms with E-state index < -0.39 is 0 Å². The van der Waals surface area contributed by atoms with Gasteiger partial charge in [-0.2, -0.15) is 0 Å². The molecule has 0 heterocycles. The first-order valence-corrected chi connectivity index (χ1v) is 6.94. The van der Waals surface area contributed by atoms with Crippen LogP contribution in [0.2, 0.25) is 0 Å². The molecule has 2 aromatic rings.